The van der Waals surface area contributed by atoms with Crippen LogP contribution in [0.25, 0.3) is 4.96 Å². The Morgan fingerprint density at radius 3 is 2.95 bits per heavy atom. The maximum atomic E-state index is 12.4. The standard InChI is InChI=1S/C15H12BrN3O2S/c1-9-8-22-15-18-7-11(14(21)19(9)15)13(20)17-6-10-4-2-3-5-12(10)16/h2-5,7-8H,6H2,1H3,(H,17,20). The molecule has 0 aliphatic rings. The zero-order valence-corrected chi connectivity index (χ0v) is 14.1. The quantitative estimate of drug-likeness (QED) is 0.763. The van der Waals surface area contributed by atoms with Gasteiger partial charge in [-0.05, 0) is 18.6 Å². The van der Waals surface area contributed by atoms with Crippen molar-refractivity contribution < 1.29 is 4.79 Å². The van der Waals surface area contributed by atoms with E-state index < -0.39 is 5.91 Å². The molecule has 3 rings (SSSR count). The number of fused-ring (bicyclic) bond motifs is 1. The summed E-state index contributed by atoms with van der Waals surface area (Å²) < 4.78 is 2.37. The fourth-order valence-electron chi connectivity index (χ4n) is 2.09. The first-order valence-electron chi connectivity index (χ1n) is 6.55. The molecule has 0 spiro atoms. The molecule has 5 nitrogen and oxygen atoms in total. The van der Waals surface area contributed by atoms with E-state index in [-0.39, 0.29) is 11.1 Å². The highest BCUT2D eigenvalue weighted by Crippen LogP contribution is 2.15. The minimum absolute atomic E-state index is 0.0473. The monoisotopic (exact) mass is 377 g/mol. The Bertz CT molecular complexity index is 917. The van der Waals surface area contributed by atoms with E-state index in [0.717, 1.165) is 15.7 Å². The number of carbonyl (C=O) groups is 1. The van der Waals surface area contributed by atoms with E-state index in [9.17, 15) is 9.59 Å². The average Bonchev–Trinajstić information content (AvgIpc) is 2.89. The van der Waals surface area contributed by atoms with E-state index in [1.165, 1.54) is 21.9 Å². The molecular weight excluding hydrogens is 366 g/mol. The molecular formula is C15H12BrN3O2S. The van der Waals surface area contributed by atoms with Gasteiger partial charge in [-0.25, -0.2) is 4.98 Å². The predicted molar refractivity (Wildman–Crippen MR) is 89.4 cm³/mol. The molecule has 112 valence electrons. The Balaban J connectivity index is 1.87. The van der Waals surface area contributed by atoms with Gasteiger partial charge in [-0.3, -0.25) is 14.0 Å². The molecule has 1 N–H and O–H groups in total. The van der Waals surface area contributed by atoms with Crippen molar-refractivity contribution in [3.63, 3.8) is 0 Å². The molecule has 0 aliphatic carbocycles. The van der Waals surface area contributed by atoms with Crippen molar-refractivity contribution in [3.05, 3.63) is 67.5 Å². The van der Waals surface area contributed by atoms with Gasteiger partial charge in [-0.2, -0.15) is 0 Å². The van der Waals surface area contributed by atoms with Gasteiger partial charge in [0, 0.05) is 28.3 Å². The van der Waals surface area contributed by atoms with Crippen molar-refractivity contribution in [3.8, 4) is 0 Å². The summed E-state index contributed by atoms with van der Waals surface area (Å²) in [6.45, 7) is 2.15. The number of thiazole rings is 1. The molecule has 2 heterocycles. The van der Waals surface area contributed by atoms with Crippen molar-refractivity contribution in [2.24, 2.45) is 0 Å². The third kappa shape index (κ3) is 2.69. The van der Waals surface area contributed by atoms with Gasteiger partial charge in [-0.1, -0.05) is 34.1 Å². The Labute approximate surface area is 138 Å². The van der Waals surface area contributed by atoms with Gasteiger partial charge < -0.3 is 5.32 Å². The number of rotatable bonds is 3. The molecule has 0 bridgehead atoms. The first-order chi connectivity index (χ1) is 10.6. The molecule has 0 saturated carbocycles. The minimum Gasteiger partial charge on any atom is -0.348 e. The van der Waals surface area contributed by atoms with Gasteiger partial charge in [0.1, 0.15) is 5.56 Å². The Hall–Kier alpha value is -1.99. The van der Waals surface area contributed by atoms with Gasteiger partial charge in [0.2, 0.25) is 0 Å². The second-order valence-corrected chi connectivity index (χ2v) is 6.44. The second-order valence-electron chi connectivity index (χ2n) is 4.75. The molecule has 1 aromatic carbocycles. The van der Waals surface area contributed by atoms with Crippen LogP contribution in [-0.2, 0) is 6.54 Å². The van der Waals surface area contributed by atoms with Crippen molar-refractivity contribution in [1.29, 1.82) is 0 Å². The number of hydrogen-bond donors (Lipinski definition) is 1. The minimum atomic E-state index is -0.423. The summed E-state index contributed by atoms with van der Waals surface area (Å²) in [6.07, 6.45) is 1.34. The number of nitrogens with zero attached hydrogens (tertiary/aromatic N) is 2. The summed E-state index contributed by atoms with van der Waals surface area (Å²) in [6, 6.07) is 7.60. The number of amides is 1. The molecule has 1 amide bonds. The predicted octanol–water partition coefficient (Wildman–Crippen LogP) is 2.76. The van der Waals surface area contributed by atoms with E-state index in [0.29, 0.717) is 11.5 Å². The summed E-state index contributed by atoms with van der Waals surface area (Å²) in [5.74, 6) is -0.423. The molecule has 0 saturated heterocycles. The van der Waals surface area contributed by atoms with E-state index in [2.05, 4.69) is 26.2 Å². The molecule has 0 atom stereocenters. The SMILES string of the molecule is Cc1csc2ncc(C(=O)NCc3ccccc3Br)c(=O)n12. The summed E-state index contributed by atoms with van der Waals surface area (Å²) in [5.41, 5.74) is 1.43. The van der Waals surface area contributed by atoms with Crippen LogP contribution in [0.4, 0.5) is 0 Å². The summed E-state index contributed by atoms with van der Waals surface area (Å²) >= 11 is 4.80. The Kier molecular flexibility index (Phi) is 4.08. The molecule has 0 radical (unpaired) electrons. The topological polar surface area (TPSA) is 63.5 Å². The molecule has 0 fully saturated rings. The molecule has 2 aromatic heterocycles. The number of aromatic nitrogens is 2. The molecule has 3 aromatic rings. The summed E-state index contributed by atoms with van der Waals surface area (Å²) in [5, 5.41) is 4.59. The van der Waals surface area contributed by atoms with E-state index >= 15 is 0 Å². The maximum Gasteiger partial charge on any atom is 0.271 e. The van der Waals surface area contributed by atoms with Gasteiger partial charge >= 0.3 is 0 Å². The lowest BCUT2D eigenvalue weighted by Gasteiger charge is -2.07. The van der Waals surface area contributed by atoms with Gasteiger partial charge in [-0.15, -0.1) is 11.3 Å². The van der Waals surface area contributed by atoms with Gasteiger partial charge in [0.05, 0.1) is 0 Å². The van der Waals surface area contributed by atoms with Crippen LogP contribution in [-0.4, -0.2) is 15.3 Å². The first kappa shape index (κ1) is 14.9. The zero-order chi connectivity index (χ0) is 15.7. The molecule has 22 heavy (non-hydrogen) atoms. The second kappa shape index (κ2) is 6.02. The van der Waals surface area contributed by atoms with E-state index in [4.69, 9.17) is 0 Å². The lowest BCUT2D eigenvalue weighted by molar-refractivity contribution is 0.0949. The number of hydrogen-bond acceptors (Lipinski definition) is 4. The van der Waals surface area contributed by atoms with Gasteiger partial charge in [0.15, 0.2) is 4.96 Å². The van der Waals surface area contributed by atoms with E-state index in [1.54, 1.807) is 0 Å². The highest BCUT2D eigenvalue weighted by Gasteiger charge is 2.15. The summed E-state index contributed by atoms with van der Waals surface area (Å²) in [4.78, 5) is 29.4. The number of carbonyl (C=O) groups excluding carboxylic acids is 1. The van der Waals surface area contributed by atoms with Crippen LogP contribution in [0.3, 0.4) is 0 Å². The average molecular weight is 378 g/mol. The highest BCUT2D eigenvalue weighted by molar-refractivity contribution is 9.10. The maximum absolute atomic E-state index is 12.4. The fraction of sp³-hybridized carbons (Fsp3) is 0.133. The summed E-state index contributed by atoms with van der Waals surface area (Å²) in [7, 11) is 0. The van der Waals surface area contributed by atoms with Crippen LogP contribution in [0.2, 0.25) is 0 Å². The smallest absolute Gasteiger partial charge is 0.271 e. The van der Waals surface area contributed by atoms with Crippen LogP contribution in [0.1, 0.15) is 21.6 Å². The normalized spacial score (nSPS) is 10.8. The van der Waals surface area contributed by atoms with Gasteiger partial charge in [0.25, 0.3) is 11.5 Å². The third-order valence-electron chi connectivity index (χ3n) is 3.26. The van der Waals surface area contributed by atoms with Crippen LogP contribution in [0.5, 0.6) is 0 Å². The third-order valence-corrected chi connectivity index (χ3v) is 4.99. The molecule has 0 unspecified atom stereocenters. The lowest BCUT2D eigenvalue weighted by Crippen LogP contribution is -2.31. The number of nitrogens with one attached hydrogen (secondary N) is 1. The number of benzene rings is 1. The van der Waals surface area contributed by atoms with Crippen molar-refractivity contribution in [2.45, 2.75) is 13.5 Å². The number of aryl methyl sites for hydroxylation is 1. The fourth-order valence-corrected chi connectivity index (χ4v) is 3.35. The van der Waals surface area contributed by atoms with Crippen LogP contribution in [0.15, 0.2) is 45.1 Å². The van der Waals surface area contributed by atoms with Crippen LogP contribution < -0.4 is 10.9 Å². The Morgan fingerprint density at radius 1 is 1.41 bits per heavy atom. The van der Waals surface area contributed by atoms with Crippen LogP contribution >= 0.6 is 27.3 Å². The molecule has 7 heteroatoms. The van der Waals surface area contributed by atoms with E-state index in [1.807, 2.05) is 36.6 Å². The number of halogens is 1. The largest absolute Gasteiger partial charge is 0.348 e. The van der Waals surface area contributed by atoms with Crippen molar-refractivity contribution in [2.75, 3.05) is 0 Å². The van der Waals surface area contributed by atoms with Crippen molar-refractivity contribution in [1.82, 2.24) is 14.7 Å². The molecule has 0 aliphatic heterocycles. The lowest BCUT2D eigenvalue weighted by atomic mass is 10.2. The zero-order valence-electron chi connectivity index (χ0n) is 11.7. The first-order valence-corrected chi connectivity index (χ1v) is 8.22. The van der Waals surface area contributed by atoms with Crippen molar-refractivity contribution >= 4 is 38.1 Å². The highest BCUT2D eigenvalue weighted by atomic mass is 79.9. The Morgan fingerprint density at radius 2 is 2.18 bits per heavy atom. The van der Waals surface area contributed by atoms with Crippen LogP contribution in [0, 0.1) is 6.92 Å².